The highest BCUT2D eigenvalue weighted by atomic mass is 32.1. The van der Waals surface area contributed by atoms with Crippen molar-refractivity contribution >= 4 is 38.5 Å². The molecule has 0 spiro atoms. The number of thiazole rings is 1. The number of amides is 2. The van der Waals surface area contributed by atoms with Gasteiger partial charge in [-0.3, -0.25) is 9.59 Å². The van der Waals surface area contributed by atoms with Crippen LogP contribution in [0.5, 0.6) is 11.6 Å². The van der Waals surface area contributed by atoms with Gasteiger partial charge in [-0.2, -0.15) is 13.2 Å². The first-order valence-electron chi connectivity index (χ1n) is 9.76. The van der Waals surface area contributed by atoms with Gasteiger partial charge in [-0.05, 0) is 29.8 Å². The summed E-state index contributed by atoms with van der Waals surface area (Å²) in [5, 5.41) is 3.03. The van der Waals surface area contributed by atoms with E-state index in [-0.39, 0.29) is 23.0 Å². The van der Waals surface area contributed by atoms with Crippen molar-refractivity contribution in [1.29, 1.82) is 0 Å². The first-order chi connectivity index (χ1) is 16.1. The lowest BCUT2D eigenvalue weighted by Gasteiger charge is -2.13. The molecule has 0 bridgehead atoms. The molecule has 0 atom stereocenters. The fraction of sp³-hybridized carbons (Fsp3) is 0.136. The Morgan fingerprint density at radius 3 is 2.65 bits per heavy atom. The highest BCUT2D eigenvalue weighted by molar-refractivity contribution is 7.22. The molecule has 0 aliphatic heterocycles. The first kappa shape index (κ1) is 23.1. The van der Waals surface area contributed by atoms with E-state index in [9.17, 15) is 22.8 Å². The van der Waals surface area contributed by atoms with Crippen LogP contribution >= 0.6 is 11.3 Å². The van der Waals surface area contributed by atoms with Crippen LogP contribution in [-0.2, 0) is 22.2 Å². The lowest BCUT2D eigenvalue weighted by molar-refractivity contribution is -0.137. The number of carbonyl (C=O) groups excluding carboxylic acids is 2. The van der Waals surface area contributed by atoms with Gasteiger partial charge in [0, 0.05) is 18.6 Å². The molecule has 0 saturated carbocycles. The van der Waals surface area contributed by atoms with Crippen LogP contribution in [0.1, 0.15) is 18.1 Å². The van der Waals surface area contributed by atoms with Crippen LogP contribution in [0.2, 0.25) is 0 Å². The summed E-state index contributed by atoms with van der Waals surface area (Å²) in [5.74, 6) is -0.571. The second-order valence-corrected chi connectivity index (χ2v) is 8.19. The Hall–Kier alpha value is -4.06. The summed E-state index contributed by atoms with van der Waals surface area (Å²) in [5.41, 5.74) is 5.46. The number of primary amides is 1. The molecule has 8 nitrogen and oxygen atoms in total. The van der Waals surface area contributed by atoms with E-state index in [0.29, 0.717) is 22.0 Å². The molecule has 0 aliphatic rings. The molecule has 0 saturated heterocycles. The standard InChI is InChI=1S/C22H16F3N5O3S/c1-11(31)29-21-30-20-16(3-2-4-17(20)34-21)33-19-9-15(27-10-28-19)14-6-5-13(22(23,24)25)7-12(14)8-18(26)32/h2-7,9-10H,8H2,1H3,(H2,26,32)(H,29,30,31). The van der Waals surface area contributed by atoms with Gasteiger partial charge >= 0.3 is 6.18 Å². The molecule has 4 rings (SSSR count). The fourth-order valence-corrected chi connectivity index (χ4v) is 4.15. The van der Waals surface area contributed by atoms with Crippen LogP contribution < -0.4 is 15.8 Å². The molecule has 0 aliphatic carbocycles. The van der Waals surface area contributed by atoms with Gasteiger partial charge < -0.3 is 15.8 Å². The third-order valence-corrected chi connectivity index (χ3v) is 5.53. The Balaban J connectivity index is 1.70. The number of hydrogen-bond acceptors (Lipinski definition) is 7. The third-order valence-electron chi connectivity index (χ3n) is 4.59. The average molecular weight is 487 g/mol. The minimum absolute atomic E-state index is 0.0773. The van der Waals surface area contributed by atoms with Crippen LogP contribution in [0.3, 0.4) is 0 Å². The third kappa shape index (κ3) is 5.12. The van der Waals surface area contributed by atoms with Gasteiger partial charge in [0.25, 0.3) is 0 Å². The maximum atomic E-state index is 13.2. The molecule has 0 unspecified atom stereocenters. The Morgan fingerprint density at radius 2 is 1.94 bits per heavy atom. The quantitative estimate of drug-likeness (QED) is 0.412. The maximum Gasteiger partial charge on any atom is 0.416 e. The van der Waals surface area contributed by atoms with Crippen LogP contribution in [0.25, 0.3) is 21.5 Å². The van der Waals surface area contributed by atoms with Gasteiger partial charge in [-0.1, -0.05) is 23.5 Å². The highest BCUT2D eigenvalue weighted by Crippen LogP contribution is 2.36. The Morgan fingerprint density at radius 1 is 1.15 bits per heavy atom. The number of hydrogen-bond donors (Lipinski definition) is 2. The van der Waals surface area contributed by atoms with E-state index in [4.69, 9.17) is 10.5 Å². The normalized spacial score (nSPS) is 11.4. The highest BCUT2D eigenvalue weighted by Gasteiger charge is 2.31. The van der Waals surface area contributed by atoms with Crippen molar-refractivity contribution in [3.63, 3.8) is 0 Å². The number of nitrogens with one attached hydrogen (secondary N) is 1. The molecule has 12 heteroatoms. The zero-order valence-corrected chi connectivity index (χ0v) is 18.3. The summed E-state index contributed by atoms with van der Waals surface area (Å²) >= 11 is 1.27. The molecule has 2 aromatic heterocycles. The van der Waals surface area contributed by atoms with Crippen molar-refractivity contribution < 1.29 is 27.5 Å². The number of halogens is 3. The number of fused-ring (bicyclic) bond motifs is 1. The number of rotatable bonds is 6. The SMILES string of the molecule is CC(=O)Nc1nc2c(Oc3cc(-c4ccc(C(F)(F)F)cc4CC(N)=O)ncn3)cccc2s1. The van der Waals surface area contributed by atoms with E-state index in [2.05, 4.69) is 20.3 Å². The number of nitrogens with zero attached hydrogens (tertiary/aromatic N) is 3. The van der Waals surface area contributed by atoms with Gasteiger partial charge in [0.1, 0.15) is 11.8 Å². The van der Waals surface area contributed by atoms with Crippen molar-refractivity contribution in [3.05, 3.63) is 59.9 Å². The molecular formula is C22H16F3N5O3S. The zero-order valence-electron chi connectivity index (χ0n) is 17.5. The second-order valence-electron chi connectivity index (χ2n) is 7.16. The summed E-state index contributed by atoms with van der Waals surface area (Å²) in [4.78, 5) is 35.4. The maximum absolute atomic E-state index is 13.2. The summed E-state index contributed by atoms with van der Waals surface area (Å²) in [6.07, 6.45) is -3.78. The molecule has 34 heavy (non-hydrogen) atoms. The van der Waals surface area contributed by atoms with E-state index < -0.39 is 24.1 Å². The Kier molecular flexibility index (Phi) is 6.16. The van der Waals surface area contributed by atoms with Crippen molar-refractivity contribution in [2.45, 2.75) is 19.5 Å². The number of benzene rings is 2. The number of aromatic nitrogens is 3. The summed E-state index contributed by atoms with van der Waals surface area (Å²) < 4.78 is 46.1. The molecule has 174 valence electrons. The van der Waals surface area contributed by atoms with Crippen LogP contribution in [0.15, 0.2) is 48.8 Å². The summed E-state index contributed by atoms with van der Waals surface area (Å²) in [6, 6.07) is 9.68. The number of nitrogens with two attached hydrogens (primary N) is 1. The monoisotopic (exact) mass is 487 g/mol. The van der Waals surface area contributed by atoms with Crippen molar-refractivity contribution in [3.8, 4) is 22.9 Å². The molecule has 0 fully saturated rings. The molecule has 0 radical (unpaired) electrons. The van der Waals surface area contributed by atoms with Gasteiger partial charge in [-0.25, -0.2) is 15.0 Å². The van der Waals surface area contributed by atoms with E-state index >= 15 is 0 Å². The Labute approximate surface area is 194 Å². The lowest BCUT2D eigenvalue weighted by Crippen LogP contribution is -2.15. The van der Waals surface area contributed by atoms with Gasteiger partial charge in [0.15, 0.2) is 10.9 Å². The number of ether oxygens (including phenoxy) is 1. The van der Waals surface area contributed by atoms with Crippen LogP contribution in [-0.4, -0.2) is 26.8 Å². The number of carbonyl (C=O) groups is 2. The van der Waals surface area contributed by atoms with Gasteiger partial charge in [0.2, 0.25) is 17.7 Å². The predicted octanol–water partition coefficient (Wildman–Crippen LogP) is 4.55. The van der Waals surface area contributed by atoms with Crippen LogP contribution in [0, 0.1) is 0 Å². The molecule has 3 N–H and O–H groups in total. The molecule has 2 amide bonds. The van der Waals surface area contributed by atoms with Crippen molar-refractivity contribution in [2.24, 2.45) is 5.73 Å². The first-order valence-corrected chi connectivity index (χ1v) is 10.6. The molecule has 2 aromatic carbocycles. The van der Waals surface area contributed by atoms with Gasteiger partial charge in [-0.15, -0.1) is 0 Å². The fourth-order valence-electron chi connectivity index (χ4n) is 3.22. The van der Waals surface area contributed by atoms with Gasteiger partial charge in [0.05, 0.1) is 22.4 Å². The average Bonchev–Trinajstić information content (AvgIpc) is 3.15. The smallest absolute Gasteiger partial charge is 0.416 e. The van der Waals surface area contributed by atoms with Crippen LogP contribution in [0.4, 0.5) is 18.3 Å². The van der Waals surface area contributed by atoms with E-state index in [1.807, 2.05) is 6.07 Å². The lowest BCUT2D eigenvalue weighted by atomic mass is 9.98. The summed E-state index contributed by atoms with van der Waals surface area (Å²) in [7, 11) is 0. The largest absolute Gasteiger partial charge is 0.437 e. The second kappa shape index (κ2) is 9.06. The minimum atomic E-state index is -4.58. The van der Waals surface area contributed by atoms with Crippen molar-refractivity contribution in [1.82, 2.24) is 15.0 Å². The minimum Gasteiger partial charge on any atom is -0.437 e. The van der Waals surface area contributed by atoms with E-state index in [1.54, 1.807) is 12.1 Å². The summed E-state index contributed by atoms with van der Waals surface area (Å²) in [6.45, 7) is 1.37. The Bertz CT molecular complexity index is 1400. The number of para-hydroxylation sites is 1. The number of alkyl halides is 3. The topological polar surface area (TPSA) is 120 Å². The molecule has 2 heterocycles. The predicted molar refractivity (Wildman–Crippen MR) is 119 cm³/mol. The number of anilines is 1. The molecule has 4 aromatic rings. The molecular weight excluding hydrogens is 471 g/mol. The van der Waals surface area contributed by atoms with E-state index in [0.717, 1.165) is 16.8 Å². The van der Waals surface area contributed by atoms with E-state index in [1.165, 1.54) is 36.7 Å². The zero-order chi connectivity index (χ0) is 24.5. The van der Waals surface area contributed by atoms with Crippen molar-refractivity contribution in [2.75, 3.05) is 5.32 Å².